The van der Waals surface area contributed by atoms with Crippen LogP contribution in [-0.2, 0) is 9.31 Å². The van der Waals surface area contributed by atoms with E-state index < -0.39 is 36.0 Å². The van der Waals surface area contributed by atoms with Crippen LogP contribution in [0, 0.1) is 0 Å². The van der Waals surface area contributed by atoms with Crippen LogP contribution in [0.3, 0.4) is 0 Å². The molecule has 2 aliphatic heterocycles. The predicted octanol–water partition coefficient (Wildman–Crippen LogP) is 4.35. The van der Waals surface area contributed by atoms with Gasteiger partial charge in [-0.25, -0.2) is 9.37 Å². The van der Waals surface area contributed by atoms with E-state index in [4.69, 9.17) is 20.9 Å². The van der Waals surface area contributed by atoms with Crippen molar-refractivity contribution >= 4 is 41.6 Å². The minimum Gasteiger partial charge on any atom is -0.420 e. The number of aromatic nitrogens is 1. The van der Waals surface area contributed by atoms with E-state index in [1.807, 2.05) is 32.6 Å². The monoisotopic (exact) mass is 511 g/mol. The summed E-state index contributed by atoms with van der Waals surface area (Å²) in [6, 6.07) is 6.93. The molecule has 2 aromatic rings. The van der Waals surface area contributed by atoms with Gasteiger partial charge in [-0.1, -0.05) is 0 Å². The number of benzene rings is 1. The molecule has 0 aliphatic carbocycles. The predicted molar refractivity (Wildman–Crippen MR) is 128 cm³/mol. The van der Waals surface area contributed by atoms with Gasteiger partial charge in [0, 0.05) is 35.5 Å². The molecule has 4 rings (SSSR count). The van der Waals surface area contributed by atoms with E-state index in [-0.39, 0.29) is 17.9 Å². The Morgan fingerprint density at radius 2 is 1.86 bits per heavy atom. The molecule has 2 saturated heterocycles. The average molecular weight is 512 g/mol. The van der Waals surface area contributed by atoms with Gasteiger partial charge in [0.1, 0.15) is 17.7 Å². The standard InChI is InChI=1S/C23H26BClF3N3O4/c1-21(2)22(3,4)35-24(34-21)18-11-14(12-29-19(18)31-10-9-15(26)13-31)20(32)30-16-5-7-17(8-6-16)33-23(25,27)28/h5-8,11-12,15H,9-10,13H2,1-4H3,(H,30,32). The number of anilines is 2. The molecular formula is C23H26BClF3N3O4. The quantitative estimate of drug-likeness (QED) is 0.459. The molecule has 12 heteroatoms. The molecule has 0 radical (unpaired) electrons. The third kappa shape index (κ3) is 5.68. The van der Waals surface area contributed by atoms with Crippen LogP contribution in [-0.4, -0.2) is 54.0 Å². The van der Waals surface area contributed by atoms with Crippen molar-refractivity contribution in [3.8, 4) is 5.75 Å². The Hall–Kier alpha value is -2.50. The van der Waals surface area contributed by atoms with Crippen molar-refractivity contribution in [2.24, 2.45) is 0 Å². The summed E-state index contributed by atoms with van der Waals surface area (Å²) in [6.07, 6.45) is 0.829. The Kier molecular flexibility index (Phi) is 6.71. The van der Waals surface area contributed by atoms with Crippen LogP contribution in [0.25, 0.3) is 0 Å². The molecule has 0 saturated carbocycles. The maximum Gasteiger partial charge on any atom is 0.498 e. The van der Waals surface area contributed by atoms with Crippen molar-refractivity contribution in [2.45, 2.75) is 57.1 Å². The minimum absolute atomic E-state index is 0.158. The summed E-state index contributed by atoms with van der Waals surface area (Å²) >= 11 is 4.77. The number of rotatable bonds is 6. The third-order valence-corrected chi connectivity index (χ3v) is 6.52. The zero-order valence-corrected chi connectivity index (χ0v) is 20.5. The Morgan fingerprint density at radius 1 is 1.23 bits per heavy atom. The van der Waals surface area contributed by atoms with Crippen LogP contribution < -0.4 is 20.4 Å². The van der Waals surface area contributed by atoms with E-state index in [0.717, 1.165) is 0 Å². The topological polar surface area (TPSA) is 72.9 Å². The summed E-state index contributed by atoms with van der Waals surface area (Å²) in [5.74, 6) is -0.138. The van der Waals surface area contributed by atoms with E-state index >= 15 is 0 Å². The number of ether oxygens (including phenoxy) is 1. The number of hydrogen-bond acceptors (Lipinski definition) is 6. The normalized spacial score (nSPS) is 21.3. The second-order valence-corrected chi connectivity index (χ2v) is 10.0. The fourth-order valence-electron chi connectivity index (χ4n) is 3.86. The first-order valence-electron chi connectivity index (χ1n) is 11.2. The van der Waals surface area contributed by atoms with Crippen LogP contribution in [0.2, 0.25) is 0 Å². The lowest BCUT2D eigenvalue weighted by atomic mass is 9.78. The van der Waals surface area contributed by atoms with Gasteiger partial charge < -0.3 is 24.3 Å². The first-order chi connectivity index (χ1) is 16.2. The number of carbonyl (C=O) groups excluding carboxylic acids is 1. The Bertz CT molecular complexity index is 1080. The van der Waals surface area contributed by atoms with Gasteiger partial charge in [-0.15, -0.1) is 8.78 Å². The van der Waals surface area contributed by atoms with E-state index in [0.29, 0.717) is 29.9 Å². The molecule has 2 aliphatic rings. The highest BCUT2D eigenvalue weighted by atomic mass is 35.5. The Morgan fingerprint density at radius 3 is 2.40 bits per heavy atom. The van der Waals surface area contributed by atoms with E-state index in [1.54, 1.807) is 6.07 Å². The number of pyridine rings is 1. The molecule has 1 aromatic heterocycles. The fourth-order valence-corrected chi connectivity index (χ4v) is 3.95. The molecule has 7 nitrogen and oxygen atoms in total. The van der Waals surface area contributed by atoms with E-state index in [9.17, 15) is 18.0 Å². The Balaban J connectivity index is 1.59. The summed E-state index contributed by atoms with van der Waals surface area (Å²) in [4.78, 5) is 19.2. The average Bonchev–Trinajstić information content (AvgIpc) is 3.27. The maximum absolute atomic E-state index is 13.9. The van der Waals surface area contributed by atoms with Crippen molar-refractivity contribution < 1.29 is 32.0 Å². The number of carbonyl (C=O) groups is 1. The van der Waals surface area contributed by atoms with Gasteiger partial charge in [-0.2, -0.15) is 0 Å². The van der Waals surface area contributed by atoms with Gasteiger partial charge >= 0.3 is 12.7 Å². The number of hydrogen-bond donors (Lipinski definition) is 1. The van der Waals surface area contributed by atoms with Crippen molar-refractivity contribution in [1.29, 1.82) is 0 Å². The molecule has 1 aromatic carbocycles. The molecule has 1 atom stereocenters. The number of nitrogens with one attached hydrogen (secondary N) is 1. The van der Waals surface area contributed by atoms with Crippen LogP contribution in [0.1, 0.15) is 44.5 Å². The highest BCUT2D eigenvalue weighted by Gasteiger charge is 2.53. The third-order valence-electron chi connectivity index (χ3n) is 6.44. The van der Waals surface area contributed by atoms with E-state index in [2.05, 4.69) is 15.0 Å². The van der Waals surface area contributed by atoms with Gasteiger partial charge in [0.05, 0.1) is 23.3 Å². The van der Waals surface area contributed by atoms with Crippen LogP contribution in [0.15, 0.2) is 36.5 Å². The van der Waals surface area contributed by atoms with Gasteiger partial charge in [-0.05, 0) is 64.4 Å². The highest BCUT2D eigenvalue weighted by molar-refractivity contribution is 6.64. The van der Waals surface area contributed by atoms with Crippen molar-refractivity contribution in [2.75, 3.05) is 23.3 Å². The lowest BCUT2D eigenvalue weighted by molar-refractivity contribution is -0.0964. The number of amides is 1. The first kappa shape index (κ1) is 25.6. The minimum atomic E-state index is -3.83. The fraction of sp³-hybridized carbons (Fsp3) is 0.478. The van der Waals surface area contributed by atoms with Crippen LogP contribution >= 0.6 is 11.6 Å². The molecule has 1 unspecified atom stereocenters. The SMILES string of the molecule is CC1(C)OB(c2cc(C(=O)Nc3ccc(OC(F)(F)Cl)cc3)cnc2N2CCC(F)C2)OC1(C)C. The molecular weight excluding hydrogens is 486 g/mol. The molecule has 1 N–H and O–H groups in total. The van der Waals surface area contributed by atoms with Gasteiger partial charge in [-0.3, -0.25) is 4.79 Å². The summed E-state index contributed by atoms with van der Waals surface area (Å²) in [7, 11) is -0.803. The zero-order valence-electron chi connectivity index (χ0n) is 19.8. The molecule has 0 bridgehead atoms. The lowest BCUT2D eigenvalue weighted by Crippen LogP contribution is -2.41. The molecule has 3 heterocycles. The second-order valence-electron chi connectivity index (χ2n) is 9.58. The van der Waals surface area contributed by atoms with E-state index in [1.165, 1.54) is 30.5 Å². The van der Waals surface area contributed by atoms with Crippen LogP contribution in [0.5, 0.6) is 5.75 Å². The largest absolute Gasteiger partial charge is 0.498 e. The first-order valence-corrected chi connectivity index (χ1v) is 11.5. The smallest absolute Gasteiger partial charge is 0.420 e. The second kappa shape index (κ2) is 9.18. The zero-order chi connectivity index (χ0) is 25.6. The van der Waals surface area contributed by atoms with Crippen molar-refractivity contribution in [3.63, 3.8) is 0 Å². The number of nitrogens with zero attached hydrogens (tertiary/aromatic N) is 2. The summed E-state index contributed by atoms with van der Waals surface area (Å²) in [5, 5.41) is 2.68. The lowest BCUT2D eigenvalue weighted by Gasteiger charge is -2.32. The molecule has 35 heavy (non-hydrogen) atoms. The van der Waals surface area contributed by atoms with Gasteiger partial charge in [0.2, 0.25) is 0 Å². The highest BCUT2D eigenvalue weighted by Crippen LogP contribution is 2.37. The summed E-state index contributed by atoms with van der Waals surface area (Å²) < 4.78 is 56.1. The number of halogens is 4. The van der Waals surface area contributed by atoms with Crippen LogP contribution in [0.4, 0.5) is 24.7 Å². The van der Waals surface area contributed by atoms with Gasteiger partial charge in [0.15, 0.2) is 0 Å². The maximum atomic E-state index is 13.9. The summed E-state index contributed by atoms with van der Waals surface area (Å²) in [6.45, 7) is 8.34. The molecule has 0 spiro atoms. The van der Waals surface area contributed by atoms with Crippen molar-refractivity contribution in [1.82, 2.24) is 4.98 Å². The van der Waals surface area contributed by atoms with Crippen molar-refractivity contribution in [3.05, 3.63) is 42.1 Å². The molecule has 2 fully saturated rings. The molecule has 1 amide bonds. The number of alkyl halides is 4. The Labute approximate surface area is 207 Å². The van der Waals surface area contributed by atoms with Gasteiger partial charge in [0.25, 0.3) is 5.91 Å². The summed E-state index contributed by atoms with van der Waals surface area (Å²) in [5.41, 5.74) is -3.98. The molecule has 188 valence electrons.